The molecule has 3 rings (SSSR count). The highest BCUT2D eigenvalue weighted by atomic mass is 16.6. The predicted octanol–water partition coefficient (Wildman–Crippen LogP) is 2.70. The number of carbonyl (C=O) groups excluding carboxylic acids is 1. The normalized spacial score (nSPS) is 15.8. The van der Waals surface area contributed by atoms with Crippen LogP contribution in [0.2, 0.25) is 0 Å². The number of amides is 1. The molecule has 0 bridgehead atoms. The van der Waals surface area contributed by atoms with Crippen molar-refractivity contribution < 1.29 is 14.4 Å². The molecule has 0 radical (unpaired) electrons. The van der Waals surface area contributed by atoms with Crippen molar-refractivity contribution >= 4 is 17.3 Å². The summed E-state index contributed by atoms with van der Waals surface area (Å²) in [6, 6.07) is 16.1. The van der Waals surface area contributed by atoms with Gasteiger partial charge >= 0.3 is 0 Å². The summed E-state index contributed by atoms with van der Waals surface area (Å²) < 4.78 is 5.19. The Morgan fingerprint density at radius 1 is 1.33 bits per heavy atom. The lowest BCUT2D eigenvalue weighted by atomic mass is 10.0. The molecule has 0 unspecified atom stereocenters. The largest absolute Gasteiger partial charge is 0.497 e. The average molecular weight is 321 g/mol. The van der Waals surface area contributed by atoms with Crippen molar-refractivity contribution in [3.05, 3.63) is 59.7 Å². The van der Waals surface area contributed by atoms with E-state index in [4.69, 9.17) is 14.8 Å². The number of hydrogen-bond donors (Lipinski definition) is 1. The summed E-state index contributed by atoms with van der Waals surface area (Å²) >= 11 is 0. The lowest BCUT2D eigenvalue weighted by molar-refractivity contribution is -0.125. The van der Waals surface area contributed by atoms with E-state index in [1.807, 2.05) is 30.3 Å². The van der Waals surface area contributed by atoms with E-state index in [2.05, 4.69) is 10.5 Å². The first-order chi connectivity index (χ1) is 11.7. The molecular formula is C18H15N3O3. The zero-order valence-corrected chi connectivity index (χ0v) is 13.0. The number of hydrogen-bond acceptors (Lipinski definition) is 5. The van der Waals surface area contributed by atoms with Crippen LogP contribution in [0.1, 0.15) is 17.5 Å². The quantitative estimate of drug-likeness (QED) is 0.938. The topological polar surface area (TPSA) is 83.7 Å². The Kier molecular flexibility index (Phi) is 4.43. The number of anilines is 1. The van der Waals surface area contributed by atoms with Gasteiger partial charge in [-0.15, -0.1) is 0 Å². The maximum absolute atomic E-state index is 12.3. The van der Waals surface area contributed by atoms with Crippen LogP contribution in [0, 0.1) is 11.3 Å². The van der Waals surface area contributed by atoms with Gasteiger partial charge in [-0.3, -0.25) is 4.79 Å². The summed E-state index contributed by atoms with van der Waals surface area (Å²) in [6.45, 7) is 0. The molecule has 120 valence electrons. The average Bonchev–Trinajstić information content (AvgIpc) is 3.13. The Hall–Kier alpha value is -3.33. The van der Waals surface area contributed by atoms with Crippen LogP contribution in [-0.2, 0) is 9.63 Å². The third-order valence-corrected chi connectivity index (χ3v) is 3.65. The Morgan fingerprint density at radius 2 is 2.12 bits per heavy atom. The van der Waals surface area contributed by atoms with Gasteiger partial charge in [-0.1, -0.05) is 17.3 Å². The van der Waals surface area contributed by atoms with Gasteiger partial charge in [0.1, 0.15) is 5.75 Å². The molecule has 1 atom stereocenters. The number of carbonyl (C=O) groups is 1. The predicted molar refractivity (Wildman–Crippen MR) is 88.8 cm³/mol. The highest BCUT2D eigenvalue weighted by molar-refractivity contribution is 6.06. The number of rotatable bonds is 4. The molecule has 24 heavy (non-hydrogen) atoms. The molecule has 0 spiro atoms. The Balaban J connectivity index is 1.63. The molecule has 1 aliphatic rings. The summed E-state index contributed by atoms with van der Waals surface area (Å²) in [5, 5.41) is 15.5. The van der Waals surface area contributed by atoms with Gasteiger partial charge in [0.25, 0.3) is 5.91 Å². The lowest BCUT2D eigenvalue weighted by Crippen LogP contribution is -2.28. The van der Waals surface area contributed by atoms with E-state index in [0.29, 0.717) is 23.4 Å². The number of methoxy groups -OCH3 is 1. The van der Waals surface area contributed by atoms with Crippen molar-refractivity contribution in [3.8, 4) is 11.8 Å². The van der Waals surface area contributed by atoms with Crippen LogP contribution in [0.25, 0.3) is 0 Å². The fraction of sp³-hybridized carbons (Fsp3) is 0.167. The van der Waals surface area contributed by atoms with Crippen LogP contribution in [0.4, 0.5) is 5.69 Å². The number of nitrogens with zero attached hydrogens (tertiary/aromatic N) is 2. The van der Waals surface area contributed by atoms with Crippen molar-refractivity contribution in [2.75, 3.05) is 12.4 Å². The van der Waals surface area contributed by atoms with Gasteiger partial charge < -0.3 is 14.9 Å². The molecular weight excluding hydrogens is 306 g/mol. The molecule has 6 heteroatoms. The summed E-state index contributed by atoms with van der Waals surface area (Å²) in [7, 11) is 1.60. The second kappa shape index (κ2) is 6.84. The SMILES string of the molecule is COc1cccc(C2=NO[C@H](C(=O)Nc3ccc(C#N)cc3)C2)c1. The second-order valence-electron chi connectivity index (χ2n) is 5.25. The number of ether oxygens (including phenoxy) is 1. The standard InChI is InChI=1S/C18H15N3O3/c1-23-15-4-2-3-13(9-15)16-10-17(24-21-16)18(22)20-14-7-5-12(11-19)6-8-14/h2-9,17H,10H2,1H3,(H,20,22)/t17-/m0/s1. The highest BCUT2D eigenvalue weighted by Crippen LogP contribution is 2.21. The van der Waals surface area contributed by atoms with E-state index in [1.54, 1.807) is 31.4 Å². The molecule has 0 saturated heterocycles. The van der Waals surface area contributed by atoms with Gasteiger partial charge in [0.2, 0.25) is 6.10 Å². The smallest absolute Gasteiger partial charge is 0.268 e. The van der Waals surface area contributed by atoms with Crippen molar-refractivity contribution in [2.45, 2.75) is 12.5 Å². The summed E-state index contributed by atoms with van der Waals surface area (Å²) in [6.07, 6.45) is -0.295. The third kappa shape index (κ3) is 3.36. The van der Waals surface area contributed by atoms with E-state index in [9.17, 15) is 4.79 Å². The van der Waals surface area contributed by atoms with E-state index in [-0.39, 0.29) is 5.91 Å². The van der Waals surface area contributed by atoms with Crippen molar-refractivity contribution in [3.63, 3.8) is 0 Å². The number of benzene rings is 2. The second-order valence-corrected chi connectivity index (χ2v) is 5.25. The van der Waals surface area contributed by atoms with E-state index in [1.165, 1.54) is 0 Å². The lowest BCUT2D eigenvalue weighted by Gasteiger charge is -2.09. The molecule has 1 amide bonds. The number of nitrogens with one attached hydrogen (secondary N) is 1. The molecule has 2 aromatic rings. The van der Waals surface area contributed by atoms with Gasteiger partial charge in [-0.25, -0.2) is 0 Å². The number of nitriles is 1. The zero-order valence-electron chi connectivity index (χ0n) is 13.0. The van der Waals surface area contributed by atoms with Crippen LogP contribution < -0.4 is 10.1 Å². The molecule has 1 heterocycles. The van der Waals surface area contributed by atoms with Crippen molar-refractivity contribution in [2.24, 2.45) is 5.16 Å². The van der Waals surface area contributed by atoms with Gasteiger partial charge in [0.05, 0.1) is 24.5 Å². The first-order valence-electron chi connectivity index (χ1n) is 7.38. The van der Waals surface area contributed by atoms with Crippen LogP contribution in [0.3, 0.4) is 0 Å². The van der Waals surface area contributed by atoms with Crippen molar-refractivity contribution in [1.82, 2.24) is 0 Å². The third-order valence-electron chi connectivity index (χ3n) is 3.65. The Morgan fingerprint density at radius 3 is 2.83 bits per heavy atom. The minimum absolute atomic E-state index is 0.277. The molecule has 0 aliphatic carbocycles. The molecule has 1 N–H and O–H groups in total. The van der Waals surface area contributed by atoms with Crippen LogP contribution >= 0.6 is 0 Å². The first-order valence-corrected chi connectivity index (χ1v) is 7.38. The van der Waals surface area contributed by atoms with E-state index in [0.717, 1.165) is 11.3 Å². The first kappa shape index (κ1) is 15.6. The summed E-state index contributed by atoms with van der Waals surface area (Å²) in [5.41, 5.74) is 2.71. The summed E-state index contributed by atoms with van der Waals surface area (Å²) in [5.74, 6) is 0.446. The van der Waals surface area contributed by atoms with Gasteiger partial charge in [0.15, 0.2) is 0 Å². The molecule has 0 fully saturated rings. The van der Waals surface area contributed by atoms with Crippen molar-refractivity contribution in [1.29, 1.82) is 5.26 Å². The Labute approximate surface area is 139 Å². The molecule has 6 nitrogen and oxygen atoms in total. The van der Waals surface area contributed by atoms with E-state index < -0.39 is 6.10 Å². The maximum atomic E-state index is 12.3. The summed E-state index contributed by atoms with van der Waals surface area (Å²) in [4.78, 5) is 17.5. The zero-order chi connectivity index (χ0) is 16.9. The van der Waals surface area contributed by atoms with Crippen LogP contribution in [0.15, 0.2) is 53.7 Å². The molecule has 1 aliphatic heterocycles. The number of oxime groups is 1. The van der Waals surface area contributed by atoms with Gasteiger partial charge in [-0.2, -0.15) is 5.26 Å². The maximum Gasteiger partial charge on any atom is 0.268 e. The fourth-order valence-electron chi connectivity index (χ4n) is 2.34. The highest BCUT2D eigenvalue weighted by Gasteiger charge is 2.29. The minimum Gasteiger partial charge on any atom is -0.497 e. The van der Waals surface area contributed by atoms with Gasteiger partial charge in [0, 0.05) is 17.7 Å². The van der Waals surface area contributed by atoms with Crippen LogP contribution in [0.5, 0.6) is 5.75 Å². The Bertz CT molecular complexity index is 822. The fourth-order valence-corrected chi connectivity index (χ4v) is 2.34. The molecule has 0 aromatic heterocycles. The molecule has 2 aromatic carbocycles. The minimum atomic E-state index is -0.679. The van der Waals surface area contributed by atoms with Gasteiger partial charge in [-0.05, 0) is 36.4 Å². The van der Waals surface area contributed by atoms with Crippen LogP contribution in [-0.4, -0.2) is 24.8 Å². The molecule has 0 saturated carbocycles. The monoisotopic (exact) mass is 321 g/mol. The van der Waals surface area contributed by atoms with E-state index >= 15 is 0 Å².